The maximum absolute atomic E-state index is 13.1. The van der Waals surface area contributed by atoms with Gasteiger partial charge >= 0.3 is 10.2 Å². The van der Waals surface area contributed by atoms with E-state index in [1.165, 1.54) is 20.0 Å². The number of hydrogen-bond acceptors (Lipinski definition) is 3. The largest absolute Gasteiger partial charge is 0.344 e. The Morgan fingerprint density at radius 3 is 2.57 bits per heavy atom. The second-order valence-electron chi connectivity index (χ2n) is 4.30. The molecule has 1 heterocycles. The molecule has 1 amide bonds. The van der Waals surface area contributed by atoms with Gasteiger partial charge in [0, 0.05) is 25.0 Å². The van der Waals surface area contributed by atoms with Crippen molar-refractivity contribution in [2.45, 2.75) is 6.92 Å². The minimum absolute atomic E-state index is 0.00758. The third-order valence-electron chi connectivity index (χ3n) is 2.74. The van der Waals surface area contributed by atoms with Crippen LogP contribution in [0.15, 0.2) is 34.4 Å². The van der Waals surface area contributed by atoms with Crippen molar-refractivity contribution >= 4 is 27.5 Å². The van der Waals surface area contributed by atoms with E-state index in [-0.39, 0.29) is 17.0 Å². The van der Waals surface area contributed by atoms with Gasteiger partial charge in [0.05, 0.1) is 11.3 Å². The number of benzene rings is 1. The van der Waals surface area contributed by atoms with E-state index in [2.05, 4.69) is 9.71 Å². The molecule has 0 aromatic heterocycles. The zero-order valence-electron chi connectivity index (χ0n) is 11.1. The molecule has 0 radical (unpaired) electrons. The fourth-order valence-corrected chi connectivity index (χ4v) is 2.44. The van der Waals surface area contributed by atoms with Crippen molar-refractivity contribution in [1.29, 1.82) is 0 Å². The minimum Gasteiger partial charge on any atom is -0.322 e. The number of anilines is 1. The lowest BCUT2D eigenvalue weighted by molar-refractivity contribution is -0.112. The third-order valence-corrected chi connectivity index (χ3v) is 4.08. The monoisotopic (exact) mass is 315 g/mol. The van der Waals surface area contributed by atoms with Crippen LogP contribution in [0.1, 0.15) is 6.92 Å². The van der Waals surface area contributed by atoms with Crippen LogP contribution in [0.2, 0.25) is 0 Å². The highest BCUT2D eigenvalue weighted by atomic mass is 32.2. The van der Waals surface area contributed by atoms with Gasteiger partial charge in [-0.15, -0.1) is 4.40 Å². The van der Waals surface area contributed by atoms with E-state index in [4.69, 9.17) is 0 Å². The van der Waals surface area contributed by atoms with E-state index in [0.717, 1.165) is 22.6 Å². The smallest absolute Gasteiger partial charge is 0.322 e. The number of hydrogen-bond donors (Lipinski definition) is 1. The van der Waals surface area contributed by atoms with Crippen LogP contribution in [0.3, 0.4) is 0 Å². The number of amides is 1. The first-order valence-electron chi connectivity index (χ1n) is 5.74. The first-order valence-corrected chi connectivity index (χ1v) is 7.13. The number of carbonyl (C=O) groups is 1. The van der Waals surface area contributed by atoms with Gasteiger partial charge in [-0.25, -0.2) is 8.78 Å². The molecule has 1 aliphatic heterocycles. The molecule has 112 valence electrons. The zero-order chi connectivity index (χ0) is 15.8. The van der Waals surface area contributed by atoms with Crippen LogP contribution in [0.4, 0.5) is 14.5 Å². The van der Waals surface area contributed by atoms with Crippen molar-refractivity contribution in [2.24, 2.45) is 4.40 Å². The summed E-state index contributed by atoms with van der Waals surface area (Å²) >= 11 is 0. The average Bonchev–Trinajstić information content (AvgIpc) is 2.37. The van der Waals surface area contributed by atoms with Gasteiger partial charge in [0.1, 0.15) is 0 Å². The van der Waals surface area contributed by atoms with Crippen LogP contribution in [-0.2, 0) is 15.0 Å². The van der Waals surface area contributed by atoms with E-state index in [1.54, 1.807) is 0 Å². The molecule has 0 atom stereocenters. The Labute approximate surface area is 120 Å². The van der Waals surface area contributed by atoms with Crippen LogP contribution in [0.5, 0.6) is 0 Å². The summed E-state index contributed by atoms with van der Waals surface area (Å²) in [6.07, 6.45) is 1.10. The van der Waals surface area contributed by atoms with Crippen LogP contribution in [0, 0.1) is 11.6 Å². The lowest BCUT2D eigenvalue weighted by Gasteiger charge is -2.19. The van der Waals surface area contributed by atoms with Crippen LogP contribution >= 0.6 is 0 Å². The average molecular weight is 315 g/mol. The molecular weight excluding hydrogens is 304 g/mol. The van der Waals surface area contributed by atoms with E-state index >= 15 is 0 Å². The van der Waals surface area contributed by atoms with Gasteiger partial charge in [0.2, 0.25) is 0 Å². The lowest BCUT2D eigenvalue weighted by atomic mass is 10.1. The molecular formula is C12H11F2N3O3S. The molecule has 1 N–H and O–H groups in total. The molecule has 1 aliphatic rings. The third kappa shape index (κ3) is 3.07. The Bertz CT molecular complexity index is 772. The van der Waals surface area contributed by atoms with E-state index < -0.39 is 27.8 Å². The van der Waals surface area contributed by atoms with Crippen molar-refractivity contribution in [3.63, 3.8) is 0 Å². The topological polar surface area (TPSA) is 78.8 Å². The first-order chi connectivity index (χ1) is 9.70. The van der Waals surface area contributed by atoms with Crippen LogP contribution < -0.4 is 5.32 Å². The Balaban J connectivity index is 2.25. The standard InChI is InChI=1S/C12H11F2N3O3S/c1-7-9(6-17(2)21(19,20)16-7)12(18)15-8-3-4-10(13)11(14)5-8/h3-6H,1-2H3,(H,15,18). The van der Waals surface area contributed by atoms with E-state index in [1.807, 2.05) is 0 Å². The van der Waals surface area contributed by atoms with Gasteiger partial charge in [-0.3, -0.25) is 9.10 Å². The highest BCUT2D eigenvalue weighted by Gasteiger charge is 2.25. The number of nitrogens with zero attached hydrogens (tertiary/aromatic N) is 2. The summed E-state index contributed by atoms with van der Waals surface area (Å²) < 4.78 is 53.0. The molecule has 2 rings (SSSR count). The SMILES string of the molecule is CC1=NS(=O)(=O)N(C)C=C1C(=O)Nc1ccc(F)c(F)c1. The Morgan fingerprint density at radius 1 is 1.29 bits per heavy atom. The quantitative estimate of drug-likeness (QED) is 0.897. The number of nitrogens with one attached hydrogen (secondary N) is 1. The molecule has 1 aromatic carbocycles. The molecule has 0 unspecified atom stereocenters. The molecule has 21 heavy (non-hydrogen) atoms. The molecule has 0 aliphatic carbocycles. The van der Waals surface area contributed by atoms with Gasteiger partial charge in [0.25, 0.3) is 5.91 Å². The van der Waals surface area contributed by atoms with Crippen molar-refractivity contribution < 1.29 is 22.0 Å². The molecule has 0 spiro atoms. The van der Waals surface area contributed by atoms with Crippen molar-refractivity contribution in [3.05, 3.63) is 41.6 Å². The zero-order valence-corrected chi connectivity index (χ0v) is 11.9. The predicted molar refractivity (Wildman–Crippen MR) is 72.9 cm³/mol. The highest BCUT2D eigenvalue weighted by Crippen LogP contribution is 2.18. The summed E-state index contributed by atoms with van der Waals surface area (Å²) in [5.74, 6) is -2.81. The summed E-state index contributed by atoms with van der Waals surface area (Å²) in [5.41, 5.74) is 0.0638. The predicted octanol–water partition coefficient (Wildman–Crippen LogP) is 1.44. The molecule has 1 aromatic rings. The normalized spacial score (nSPS) is 17.0. The van der Waals surface area contributed by atoms with Crippen molar-refractivity contribution in [2.75, 3.05) is 12.4 Å². The molecule has 0 bridgehead atoms. The summed E-state index contributed by atoms with van der Waals surface area (Å²) in [4.78, 5) is 12.0. The molecule has 0 fully saturated rings. The summed E-state index contributed by atoms with van der Waals surface area (Å²) in [7, 11) is -2.57. The minimum atomic E-state index is -3.81. The number of halogens is 2. The lowest BCUT2D eigenvalue weighted by Crippen LogP contribution is -2.30. The maximum atomic E-state index is 13.1. The van der Waals surface area contributed by atoms with Gasteiger partial charge in [0.15, 0.2) is 11.6 Å². The summed E-state index contributed by atoms with van der Waals surface area (Å²) in [6.45, 7) is 1.36. The Hall–Kier alpha value is -2.29. The van der Waals surface area contributed by atoms with Crippen LogP contribution in [-0.4, -0.2) is 31.4 Å². The number of carbonyl (C=O) groups excluding carboxylic acids is 1. The number of rotatable bonds is 2. The van der Waals surface area contributed by atoms with Gasteiger partial charge in [-0.2, -0.15) is 8.42 Å². The summed E-state index contributed by atoms with van der Waals surface area (Å²) in [6, 6.07) is 2.88. The molecule has 6 nitrogen and oxygen atoms in total. The second-order valence-corrected chi connectivity index (χ2v) is 5.95. The van der Waals surface area contributed by atoms with Gasteiger partial charge in [-0.1, -0.05) is 0 Å². The molecule has 0 saturated carbocycles. The van der Waals surface area contributed by atoms with Crippen molar-refractivity contribution in [1.82, 2.24) is 4.31 Å². The molecule has 9 heteroatoms. The van der Waals surface area contributed by atoms with Crippen LogP contribution in [0.25, 0.3) is 0 Å². The fraction of sp³-hybridized carbons (Fsp3) is 0.167. The maximum Gasteiger partial charge on any atom is 0.344 e. The summed E-state index contributed by atoms with van der Waals surface area (Å²) in [5, 5.41) is 2.34. The van der Waals surface area contributed by atoms with E-state index in [0.29, 0.717) is 0 Å². The Morgan fingerprint density at radius 2 is 1.95 bits per heavy atom. The molecule has 0 saturated heterocycles. The highest BCUT2D eigenvalue weighted by molar-refractivity contribution is 7.88. The van der Waals surface area contributed by atoms with Crippen molar-refractivity contribution in [3.8, 4) is 0 Å². The Kier molecular flexibility index (Phi) is 3.77. The fourth-order valence-electron chi connectivity index (χ4n) is 1.62. The first kappa shape index (κ1) is 15.1. The van der Waals surface area contributed by atoms with Gasteiger partial charge in [-0.05, 0) is 19.1 Å². The van der Waals surface area contributed by atoms with Gasteiger partial charge < -0.3 is 5.32 Å². The second kappa shape index (κ2) is 5.24. The van der Waals surface area contributed by atoms with E-state index in [9.17, 15) is 22.0 Å².